The summed E-state index contributed by atoms with van der Waals surface area (Å²) in [6.07, 6.45) is 1.28. The van der Waals surface area contributed by atoms with Crippen molar-refractivity contribution < 1.29 is 17.9 Å². The lowest BCUT2D eigenvalue weighted by molar-refractivity contribution is 0.355. The van der Waals surface area contributed by atoms with E-state index in [0.717, 1.165) is 0 Å². The zero-order valence-electron chi connectivity index (χ0n) is 14.0. The minimum atomic E-state index is -3.89. The van der Waals surface area contributed by atoms with Gasteiger partial charge in [0.05, 0.1) is 20.0 Å². The van der Waals surface area contributed by atoms with Crippen LogP contribution in [0.3, 0.4) is 0 Å². The van der Waals surface area contributed by atoms with Gasteiger partial charge >= 0.3 is 0 Å². The Kier molecular flexibility index (Phi) is 6.54. The van der Waals surface area contributed by atoms with Gasteiger partial charge in [-0.15, -0.1) is 0 Å². The number of hydrogen-bond acceptors (Lipinski definition) is 5. The van der Waals surface area contributed by atoms with E-state index in [1.165, 1.54) is 32.4 Å². The molecule has 0 aliphatic carbocycles. The van der Waals surface area contributed by atoms with Gasteiger partial charge in [-0.2, -0.15) is 5.26 Å². The lowest BCUT2D eigenvalue weighted by Gasteiger charge is -2.09. The Morgan fingerprint density at radius 2 is 1.81 bits per heavy atom. The van der Waals surface area contributed by atoms with Gasteiger partial charge in [0.15, 0.2) is 21.3 Å². The second-order valence-electron chi connectivity index (χ2n) is 5.23. The number of allylic oxidation sites excluding steroid dienone is 1. The zero-order chi connectivity index (χ0) is 19.3. The first-order chi connectivity index (χ1) is 12.3. The Morgan fingerprint density at radius 3 is 2.38 bits per heavy atom. The molecule has 2 rings (SSSR count). The molecule has 0 saturated heterocycles. The zero-order valence-corrected chi connectivity index (χ0v) is 16.3. The number of nitriles is 1. The molecule has 26 heavy (non-hydrogen) atoms. The van der Waals surface area contributed by atoms with Crippen LogP contribution < -0.4 is 9.47 Å². The quantitative estimate of drug-likeness (QED) is 0.654. The maximum Gasteiger partial charge on any atom is 0.192 e. The summed E-state index contributed by atoms with van der Waals surface area (Å²) in [5.41, 5.74) is 0.856. The van der Waals surface area contributed by atoms with Gasteiger partial charge in [-0.1, -0.05) is 35.3 Å². The fraction of sp³-hybridized carbons (Fsp3) is 0.167. The number of hydrogen-bond donors (Lipinski definition) is 0. The summed E-state index contributed by atoms with van der Waals surface area (Å²) in [5, 5.41) is 9.96. The fourth-order valence-electron chi connectivity index (χ4n) is 2.21. The van der Waals surface area contributed by atoms with Crippen molar-refractivity contribution in [3.63, 3.8) is 0 Å². The summed E-state index contributed by atoms with van der Waals surface area (Å²) in [7, 11) is -0.931. The lowest BCUT2D eigenvalue weighted by atomic mass is 10.2. The summed E-state index contributed by atoms with van der Waals surface area (Å²) in [5.74, 6) is 0.519. The van der Waals surface area contributed by atoms with E-state index in [-0.39, 0.29) is 9.93 Å². The van der Waals surface area contributed by atoms with E-state index in [1.807, 2.05) is 0 Å². The molecule has 0 radical (unpaired) electrons. The van der Waals surface area contributed by atoms with E-state index in [4.69, 9.17) is 32.7 Å². The van der Waals surface area contributed by atoms with Crippen LogP contribution in [0.4, 0.5) is 0 Å². The molecule has 0 aliphatic rings. The van der Waals surface area contributed by atoms with Crippen molar-refractivity contribution in [3.05, 3.63) is 62.5 Å². The lowest BCUT2D eigenvalue weighted by Crippen LogP contribution is -2.07. The molecule has 0 bridgehead atoms. The molecule has 0 fully saturated rings. The Hall–Kier alpha value is -2.20. The molecule has 2 aromatic rings. The molecule has 0 heterocycles. The highest BCUT2D eigenvalue weighted by atomic mass is 35.5. The van der Waals surface area contributed by atoms with Crippen molar-refractivity contribution in [1.82, 2.24) is 0 Å². The van der Waals surface area contributed by atoms with Crippen LogP contribution in [0.1, 0.15) is 11.1 Å². The maximum atomic E-state index is 12.6. The van der Waals surface area contributed by atoms with E-state index in [2.05, 4.69) is 0 Å². The van der Waals surface area contributed by atoms with Crippen molar-refractivity contribution in [1.29, 1.82) is 5.26 Å². The molecule has 8 heteroatoms. The molecule has 0 atom stereocenters. The van der Waals surface area contributed by atoms with Crippen molar-refractivity contribution in [3.8, 4) is 17.6 Å². The van der Waals surface area contributed by atoms with Gasteiger partial charge in [0.1, 0.15) is 11.0 Å². The fourth-order valence-corrected chi connectivity index (χ4v) is 4.03. The predicted molar refractivity (Wildman–Crippen MR) is 102 cm³/mol. The van der Waals surface area contributed by atoms with Crippen LogP contribution in [0, 0.1) is 11.3 Å². The molecule has 0 aliphatic heterocycles. The van der Waals surface area contributed by atoms with Gasteiger partial charge in [-0.25, -0.2) is 8.42 Å². The highest BCUT2D eigenvalue weighted by molar-refractivity contribution is 7.95. The second-order valence-corrected chi connectivity index (χ2v) is 8.03. The van der Waals surface area contributed by atoms with Crippen LogP contribution >= 0.6 is 23.2 Å². The van der Waals surface area contributed by atoms with E-state index < -0.39 is 15.6 Å². The molecule has 0 unspecified atom stereocenters. The first kappa shape index (κ1) is 20.1. The van der Waals surface area contributed by atoms with E-state index in [9.17, 15) is 13.7 Å². The minimum Gasteiger partial charge on any atom is -0.493 e. The molecule has 2 aromatic carbocycles. The third kappa shape index (κ3) is 4.70. The first-order valence-electron chi connectivity index (χ1n) is 7.31. The van der Waals surface area contributed by atoms with Crippen LogP contribution in [-0.4, -0.2) is 22.6 Å². The number of nitrogens with zero attached hydrogens (tertiary/aromatic N) is 1. The smallest absolute Gasteiger partial charge is 0.192 e. The highest BCUT2D eigenvalue weighted by Crippen LogP contribution is 2.30. The van der Waals surface area contributed by atoms with Gasteiger partial charge in [-0.3, -0.25) is 0 Å². The van der Waals surface area contributed by atoms with Crippen molar-refractivity contribution in [2.24, 2.45) is 0 Å². The standard InChI is InChI=1S/C18H15Cl2NO4S/c1-24-17-6-3-12(8-18(17)25-2)7-15(10-21)26(22,23)11-13-4-5-14(19)9-16(13)20/h3-9H,11H2,1-2H3. The number of ether oxygens (including phenoxy) is 2. The topological polar surface area (TPSA) is 76.4 Å². The predicted octanol–water partition coefficient (Wildman–Crippen LogP) is 4.49. The van der Waals surface area contributed by atoms with E-state index >= 15 is 0 Å². The van der Waals surface area contributed by atoms with Crippen LogP contribution in [0.2, 0.25) is 10.0 Å². The minimum absolute atomic E-state index is 0.226. The third-order valence-corrected chi connectivity index (χ3v) is 5.67. The summed E-state index contributed by atoms with van der Waals surface area (Å²) >= 11 is 11.9. The molecule has 0 aromatic heterocycles. The Labute approximate surface area is 162 Å². The molecular formula is C18H15Cl2NO4S. The van der Waals surface area contributed by atoms with Gasteiger partial charge in [0, 0.05) is 10.0 Å². The van der Waals surface area contributed by atoms with Crippen LogP contribution in [0.25, 0.3) is 6.08 Å². The number of sulfone groups is 1. The molecule has 0 amide bonds. The summed E-state index contributed by atoms with van der Waals surface area (Å²) in [6, 6.07) is 11.1. The van der Waals surface area contributed by atoms with Gasteiger partial charge in [0.25, 0.3) is 0 Å². The maximum absolute atomic E-state index is 12.6. The number of halogens is 2. The van der Waals surface area contributed by atoms with Gasteiger partial charge in [-0.05, 0) is 41.5 Å². The summed E-state index contributed by atoms with van der Waals surface area (Å²) in [6.45, 7) is 0. The molecule has 0 saturated carbocycles. The Bertz CT molecular complexity index is 995. The van der Waals surface area contributed by atoms with Crippen molar-refractivity contribution in [2.75, 3.05) is 14.2 Å². The first-order valence-corrected chi connectivity index (χ1v) is 9.72. The normalized spacial score (nSPS) is 11.7. The Morgan fingerprint density at radius 1 is 1.12 bits per heavy atom. The van der Waals surface area contributed by atoms with E-state index in [1.54, 1.807) is 30.3 Å². The molecule has 0 spiro atoms. The summed E-state index contributed by atoms with van der Waals surface area (Å²) < 4.78 is 35.5. The third-order valence-electron chi connectivity index (χ3n) is 3.51. The largest absolute Gasteiger partial charge is 0.493 e. The highest BCUT2D eigenvalue weighted by Gasteiger charge is 2.20. The van der Waals surface area contributed by atoms with Crippen LogP contribution in [0.5, 0.6) is 11.5 Å². The monoisotopic (exact) mass is 411 g/mol. The number of methoxy groups -OCH3 is 2. The molecular weight excluding hydrogens is 397 g/mol. The average Bonchev–Trinajstić information content (AvgIpc) is 2.61. The molecule has 0 N–H and O–H groups in total. The van der Waals surface area contributed by atoms with E-state index in [0.29, 0.717) is 27.6 Å². The second kappa shape index (κ2) is 8.45. The average molecular weight is 412 g/mol. The van der Waals surface area contributed by atoms with Crippen molar-refractivity contribution in [2.45, 2.75) is 5.75 Å². The number of benzene rings is 2. The van der Waals surface area contributed by atoms with Gasteiger partial charge < -0.3 is 9.47 Å². The molecule has 5 nitrogen and oxygen atoms in total. The SMILES string of the molecule is COc1ccc(C=C(C#N)S(=O)(=O)Cc2ccc(Cl)cc2Cl)cc1OC. The summed E-state index contributed by atoms with van der Waals surface area (Å²) in [4.78, 5) is -0.379. The van der Waals surface area contributed by atoms with Crippen LogP contribution in [0.15, 0.2) is 41.3 Å². The molecule has 136 valence electrons. The van der Waals surface area contributed by atoms with Gasteiger partial charge in [0.2, 0.25) is 0 Å². The Balaban J connectivity index is 2.40. The number of rotatable bonds is 6. The van der Waals surface area contributed by atoms with Crippen molar-refractivity contribution >= 4 is 39.1 Å². The van der Waals surface area contributed by atoms with Crippen LogP contribution in [-0.2, 0) is 15.6 Å².